The monoisotopic (exact) mass is 280 g/mol. The molecule has 0 spiro atoms. The summed E-state index contributed by atoms with van der Waals surface area (Å²) in [4.78, 5) is 4.22. The summed E-state index contributed by atoms with van der Waals surface area (Å²) in [6.45, 7) is 6.38. The maximum absolute atomic E-state index is 10.6. The molecule has 1 rings (SSSR count). The average Bonchev–Trinajstić information content (AvgIpc) is 2.27. The van der Waals surface area contributed by atoms with Gasteiger partial charge in [-0.3, -0.25) is 14.4 Å². The second kappa shape index (κ2) is 7.40. The van der Waals surface area contributed by atoms with E-state index in [0.717, 1.165) is 39.0 Å². The fourth-order valence-electron chi connectivity index (χ4n) is 2.16. The van der Waals surface area contributed by atoms with E-state index < -0.39 is 10.1 Å². The Balaban J connectivity index is 2.20. The number of piperazine rings is 1. The summed E-state index contributed by atoms with van der Waals surface area (Å²) in [5, 5.41) is 9.71. The predicted molar refractivity (Wildman–Crippen MR) is 70.2 cm³/mol. The fraction of sp³-hybridized carbons (Fsp3) is 1.00. The molecule has 1 atom stereocenters. The van der Waals surface area contributed by atoms with Gasteiger partial charge in [0.2, 0.25) is 0 Å². The average molecular weight is 280 g/mol. The Labute approximate surface area is 109 Å². The Morgan fingerprint density at radius 2 is 1.72 bits per heavy atom. The minimum absolute atomic E-state index is 0.203. The minimum atomic E-state index is -3.86. The molecule has 1 aliphatic rings. The highest BCUT2D eigenvalue weighted by Crippen LogP contribution is 2.05. The van der Waals surface area contributed by atoms with Gasteiger partial charge in [-0.25, -0.2) is 0 Å². The first-order valence-corrected chi connectivity index (χ1v) is 8.09. The molecule has 1 heterocycles. The SMILES string of the molecule is CCCC(O)CN1CCN(CCS(=O)(=O)O)CC1. The van der Waals surface area contributed by atoms with E-state index in [1.54, 1.807) is 0 Å². The van der Waals surface area contributed by atoms with Gasteiger partial charge in [0.1, 0.15) is 0 Å². The van der Waals surface area contributed by atoms with Crippen molar-refractivity contribution in [1.82, 2.24) is 9.80 Å². The summed E-state index contributed by atoms with van der Waals surface area (Å²) in [5.74, 6) is -0.203. The molecule has 0 aromatic heterocycles. The van der Waals surface area contributed by atoms with Gasteiger partial charge in [-0.1, -0.05) is 13.3 Å². The van der Waals surface area contributed by atoms with Gasteiger partial charge in [-0.15, -0.1) is 0 Å². The van der Waals surface area contributed by atoms with E-state index in [9.17, 15) is 13.5 Å². The van der Waals surface area contributed by atoms with Crippen molar-refractivity contribution in [2.45, 2.75) is 25.9 Å². The van der Waals surface area contributed by atoms with Crippen molar-refractivity contribution in [1.29, 1.82) is 0 Å². The van der Waals surface area contributed by atoms with Gasteiger partial charge in [0, 0.05) is 39.3 Å². The topological polar surface area (TPSA) is 81.1 Å². The van der Waals surface area contributed by atoms with Crippen molar-refractivity contribution < 1.29 is 18.1 Å². The van der Waals surface area contributed by atoms with E-state index in [2.05, 4.69) is 11.8 Å². The molecule has 108 valence electrons. The van der Waals surface area contributed by atoms with Crippen LogP contribution in [0.2, 0.25) is 0 Å². The van der Waals surface area contributed by atoms with Gasteiger partial charge in [-0.2, -0.15) is 8.42 Å². The molecule has 0 bridgehead atoms. The maximum Gasteiger partial charge on any atom is 0.266 e. The molecule has 2 N–H and O–H groups in total. The van der Waals surface area contributed by atoms with Crippen LogP contribution >= 0.6 is 0 Å². The normalized spacial score (nSPS) is 21.1. The Morgan fingerprint density at radius 3 is 2.22 bits per heavy atom. The first-order valence-electron chi connectivity index (χ1n) is 6.48. The van der Waals surface area contributed by atoms with Gasteiger partial charge < -0.3 is 5.11 Å². The van der Waals surface area contributed by atoms with Crippen LogP contribution in [0, 0.1) is 0 Å². The largest absolute Gasteiger partial charge is 0.392 e. The van der Waals surface area contributed by atoms with Crippen LogP contribution in [0.15, 0.2) is 0 Å². The van der Waals surface area contributed by atoms with Gasteiger partial charge >= 0.3 is 0 Å². The van der Waals surface area contributed by atoms with Crippen LogP contribution < -0.4 is 0 Å². The van der Waals surface area contributed by atoms with Crippen LogP contribution in [-0.2, 0) is 10.1 Å². The highest BCUT2D eigenvalue weighted by Gasteiger charge is 2.19. The molecule has 7 heteroatoms. The van der Waals surface area contributed by atoms with Crippen LogP contribution in [0.4, 0.5) is 0 Å². The molecule has 0 aromatic carbocycles. The van der Waals surface area contributed by atoms with E-state index in [1.807, 2.05) is 4.90 Å². The third kappa shape index (κ3) is 6.65. The molecule has 18 heavy (non-hydrogen) atoms. The second-order valence-electron chi connectivity index (χ2n) is 4.87. The molecule has 1 unspecified atom stereocenters. The molecule has 0 aliphatic carbocycles. The number of aliphatic hydroxyl groups excluding tert-OH is 1. The molecule has 0 amide bonds. The molecule has 0 saturated carbocycles. The summed E-state index contributed by atoms with van der Waals surface area (Å²) in [6, 6.07) is 0. The van der Waals surface area contributed by atoms with Crippen LogP contribution in [0.3, 0.4) is 0 Å². The summed E-state index contributed by atoms with van der Waals surface area (Å²) in [5.41, 5.74) is 0. The molecule has 1 fully saturated rings. The minimum Gasteiger partial charge on any atom is -0.392 e. The number of β-amino-alcohol motifs (C(OH)–C–C–N with tert-alkyl or cyclic N) is 1. The molecular weight excluding hydrogens is 256 g/mol. The van der Waals surface area contributed by atoms with Crippen LogP contribution in [0.1, 0.15) is 19.8 Å². The number of aliphatic hydroxyl groups is 1. The third-order valence-electron chi connectivity index (χ3n) is 3.22. The number of rotatable bonds is 7. The smallest absolute Gasteiger partial charge is 0.266 e. The second-order valence-corrected chi connectivity index (χ2v) is 6.44. The van der Waals surface area contributed by atoms with Gasteiger partial charge in [-0.05, 0) is 6.42 Å². The van der Waals surface area contributed by atoms with Gasteiger partial charge in [0.05, 0.1) is 11.9 Å². The number of hydrogen-bond acceptors (Lipinski definition) is 5. The van der Waals surface area contributed by atoms with Crippen LogP contribution in [-0.4, -0.2) is 79.0 Å². The first kappa shape index (κ1) is 15.8. The van der Waals surface area contributed by atoms with Gasteiger partial charge in [0.25, 0.3) is 10.1 Å². The maximum atomic E-state index is 10.6. The zero-order valence-electron chi connectivity index (χ0n) is 11.0. The molecule has 1 aliphatic heterocycles. The molecule has 6 nitrogen and oxygen atoms in total. The molecule has 1 saturated heterocycles. The first-order chi connectivity index (χ1) is 8.40. The third-order valence-corrected chi connectivity index (χ3v) is 3.92. The van der Waals surface area contributed by atoms with Crippen molar-refractivity contribution in [3.8, 4) is 0 Å². The van der Waals surface area contributed by atoms with Crippen LogP contribution in [0.5, 0.6) is 0 Å². The Kier molecular flexibility index (Phi) is 6.51. The van der Waals surface area contributed by atoms with Crippen LogP contribution in [0.25, 0.3) is 0 Å². The summed E-state index contributed by atoms with van der Waals surface area (Å²) in [7, 11) is -3.86. The van der Waals surface area contributed by atoms with E-state index in [4.69, 9.17) is 4.55 Å². The quantitative estimate of drug-likeness (QED) is 0.621. The van der Waals surface area contributed by atoms with Crippen molar-refractivity contribution in [2.24, 2.45) is 0 Å². The predicted octanol–water partition coefficient (Wildman–Crippen LogP) is -0.347. The molecular formula is C11H24N2O4S. The summed E-state index contributed by atoms with van der Waals surface area (Å²) in [6.07, 6.45) is 1.54. The molecule has 0 radical (unpaired) electrons. The van der Waals surface area contributed by atoms with Gasteiger partial charge in [0.15, 0.2) is 0 Å². The zero-order chi connectivity index (χ0) is 13.6. The zero-order valence-corrected chi connectivity index (χ0v) is 11.8. The number of nitrogens with zero attached hydrogens (tertiary/aromatic N) is 2. The lowest BCUT2D eigenvalue weighted by Gasteiger charge is -2.35. The van der Waals surface area contributed by atoms with Crippen molar-refractivity contribution in [3.05, 3.63) is 0 Å². The van der Waals surface area contributed by atoms with Crippen molar-refractivity contribution in [3.63, 3.8) is 0 Å². The van der Waals surface area contributed by atoms with E-state index in [1.165, 1.54) is 0 Å². The Hall–Kier alpha value is -0.210. The lowest BCUT2D eigenvalue weighted by Crippen LogP contribution is -2.49. The Morgan fingerprint density at radius 1 is 1.17 bits per heavy atom. The van der Waals surface area contributed by atoms with E-state index in [-0.39, 0.29) is 11.9 Å². The van der Waals surface area contributed by atoms with E-state index in [0.29, 0.717) is 13.1 Å². The summed E-state index contributed by atoms with van der Waals surface area (Å²) < 4.78 is 30.0. The number of hydrogen-bond donors (Lipinski definition) is 2. The van der Waals surface area contributed by atoms with Crippen molar-refractivity contribution in [2.75, 3.05) is 45.0 Å². The van der Waals surface area contributed by atoms with E-state index >= 15 is 0 Å². The standard InChI is InChI=1S/C11H24N2O4S/c1-2-3-11(14)10-13-6-4-12(5-7-13)8-9-18(15,16)17/h11,14H,2-10H2,1H3,(H,15,16,17). The fourth-order valence-corrected chi connectivity index (χ4v) is 2.65. The highest BCUT2D eigenvalue weighted by atomic mass is 32.2. The lowest BCUT2D eigenvalue weighted by atomic mass is 10.2. The highest BCUT2D eigenvalue weighted by molar-refractivity contribution is 7.85. The Bertz CT molecular complexity index is 326. The lowest BCUT2D eigenvalue weighted by molar-refractivity contribution is 0.0701. The molecule has 0 aromatic rings. The summed E-state index contributed by atoms with van der Waals surface area (Å²) >= 11 is 0. The van der Waals surface area contributed by atoms with Crippen molar-refractivity contribution >= 4 is 10.1 Å².